The minimum atomic E-state index is -5.72. The van der Waals surface area contributed by atoms with Crippen LogP contribution in [0.25, 0.3) is 5.57 Å². The molecule has 10 nitrogen and oxygen atoms in total. The van der Waals surface area contributed by atoms with Crippen molar-refractivity contribution in [3.05, 3.63) is 70.8 Å². The number of hydrogen-bond acceptors (Lipinski definition) is 5. The molecule has 2 aromatic rings. The summed E-state index contributed by atoms with van der Waals surface area (Å²) in [5, 5.41) is 5.76. The van der Waals surface area contributed by atoms with Crippen LogP contribution in [-0.2, 0) is 42.2 Å². The van der Waals surface area contributed by atoms with Crippen LogP contribution in [0.5, 0.6) is 0 Å². The molecule has 2 aliphatic heterocycles. The van der Waals surface area contributed by atoms with E-state index in [1.165, 1.54) is 18.2 Å². The third-order valence-corrected chi connectivity index (χ3v) is 10.7. The molecule has 0 aromatic heterocycles. The first-order valence-electron chi connectivity index (χ1n) is 16.2. The van der Waals surface area contributed by atoms with E-state index in [0.29, 0.717) is 36.8 Å². The largest absolute Gasteiger partial charge is 0.399 e. The van der Waals surface area contributed by atoms with Gasteiger partial charge in [-0.3, -0.25) is 28.6 Å². The van der Waals surface area contributed by atoms with Gasteiger partial charge in [0.05, 0.1) is 5.69 Å². The van der Waals surface area contributed by atoms with Gasteiger partial charge in [0, 0.05) is 43.8 Å². The normalized spacial score (nSPS) is 19.4. The van der Waals surface area contributed by atoms with Crippen molar-refractivity contribution in [1.29, 1.82) is 0 Å². The molecule has 0 spiro atoms. The summed E-state index contributed by atoms with van der Waals surface area (Å²) in [7, 11) is -4.15. The summed E-state index contributed by atoms with van der Waals surface area (Å²) < 4.78 is 39.4. The first-order chi connectivity index (χ1) is 22.5. The molecule has 4 N–H and O–H groups in total. The van der Waals surface area contributed by atoms with E-state index >= 15 is 0 Å². The number of anilines is 1. The van der Waals surface area contributed by atoms with Crippen LogP contribution in [0.15, 0.2) is 48.5 Å². The Morgan fingerprint density at radius 1 is 1.08 bits per heavy atom. The molecular formula is C35H44F2N3O7P. The van der Waals surface area contributed by atoms with Crippen LogP contribution in [0.1, 0.15) is 75.6 Å². The van der Waals surface area contributed by atoms with Crippen LogP contribution in [0.2, 0.25) is 0 Å². The Kier molecular flexibility index (Phi) is 11.4. The van der Waals surface area contributed by atoms with Crippen LogP contribution < -0.4 is 15.5 Å². The molecule has 0 radical (unpaired) electrons. The van der Waals surface area contributed by atoms with E-state index in [-0.39, 0.29) is 54.2 Å². The van der Waals surface area contributed by atoms with Crippen molar-refractivity contribution in [2.45, 2.75) is 84.0 Å². The molecule has 2 aromatic carbocycles. The SMILES string of the molecule is CNC(=O)CC[C@H](NC(=O)[C@@H]1Cc2cccc3c2N1C(=O)[C@@H](CC(=O)/C=C(\C)c1ccc(C(F)(F)P(=O)(O)O)cc1)CC3)[C@@H](C)C(C)C. The van der Waals surface area contributed by atoms with Gasteiger partial charge in [0.15, 0.2) is 5.78 Å². The summed E-state index contributed by atoms with van der Waals surface area (Å²) in [6.07, 6.45) is 3.15. The quantitative estimate of drug-likeness (QED) is 0.169. The molecule has 48 heavy (non-hydrogen) atoms. The minimum absolute atomic E-state index is 0.0666. The van der Waals surface area contributed by atoms with Gasteiger partial charge in [0.1, 0.15) is 6.04 Å². The van der Waals surface area contributed by atoms with Crippen molar-refractivity contribution in [2.75, 3.05) is 11.9 Å². The summed E-state index contributed by atoms with van der Waals surface area (Å²) >= 11 is 0. The zero-order valence-corrected chi connectivity index (χ0v) is 28.7. The molecule has 0 saturated carbocycles. The van der Waals surface area contributed by atoms with Crippen molar-refractivity contribution >= 4 is 42.4 Å². The van der Waals surface area contributed by atoms with Crippen molar-refractivity contribution in [2.24, 2.45) is 17.8 Å². The summed E-state index contributed by atoms with van der Waals surface area (Å²) in [4.78, 5) is 72.9. The number of ketones is 1. The Hall–Kier alpha value is -3.73. The highest BCUT2D eigenvalue weighted by molar-refractivity contribution is 7.52. The van der Waals surface area contributed by atoms with E-state index in [2.05, 4.69) is 24.5 Å². The average molecular weight is 688 g/mol. The molecule has 0 fully saturated rings. The Balaban J connectivity index is 1.53. The number of rotatable bonds is 13. The van der Waals surface area contributed by atoms with E-state index in [4.69, 9.17) is 9.79 Å². The highest BCUT2D eigenvalue weighted by Gasteiger charge is 2.50. The fraction of sp³-hybridized carbons (Fsp3) is 0.486. The van der Waals surface area contributed by atoms with Gasteiger partial charge < -0.3 is 20.4 Å². The zero-order chi connectivity index (χ0) is 35.6. The van der Waals surface area contributed by atoms with Crippen molar-refractivity contribution in [1.82, 2.24) is 10.6 Å². The van der Waals surface area contributed by atoms with Crippen molar-refractivity contribution in [3.63, 3.8) is 0 Å². The van der Waals surface area contributed by atoms with E-state index in [1.54, 1.807) is 18.9 Å². The van der Waals surface area contributed by atoms with Crippen LogP contribution in [0.3, 0.4) is 0 Å². The lowest BCUT2D eigenvalue weighted by molar-refractivity contribution is -0.129. The van der Waals surface area contributed by atoms with Gasteiger partial charge >= 0.3 is 13.3 Å². The first-order valence-corrected chi connectivity index (χ1v) is 17.8. The lowest BCUT2D eigenvalue weighted by Crippen LogP contribution is -2.53. The number of hydrogen-bond donors (Lipinski definition) is 4. The molecule has 4 rings (SSSR count). The first kappa shape index (κ1) is 37.1. The molecule has 3 amide bonds. The fourth-order valence-electron chi connectivity index (χ4n) is 6.44. The molecule has 0 bridgehead atoms. The molecule has 2 heterocycles. The number of halogens is 2. The average Bonchev–Trinajstić information content (AvgIpc) is 3.37. The van der Waals surface area contributed by atoms with Crippen LogP contribution in [0.4, 0.5) is 14.5 Å². The summed E-state index contributed by atoms with van der Waals surface area (Å²) in [5.41, 5.74) is -1.83. The maximum Gasteiger partial charge on any atom is 0.399 e. The van der Waals surface area contributed by atoms with Gasteiger partial charge in [0.2, 0.25) is 17.7 Å². The van der Waals surface area contributed by atoms with Crippen molar-refractivity contribution in [3.8, 4) is 0 Å². The molecule has 13 heteroatoms. The Labute approximate surface area is 279 Å². The van der Waals surface area contributed by atoms with Gasteiger partial charge in [0.25, 0.3) is 0 Å². The van der Waals surface area contributed by atoms with Gasteiger partial charge in [-0.1, -0.05) is 63.2 Å². The van der Waals surface area contributed by atoms with Gasteiger partial charge in [-0.05, 0) is 66.4 Å². The van der Waals surface area contributed by atoms with Crippen LogP contribution >= 0.6 is 7.60 Å². The Bertz CT molecular complexity index is 1640. The Morgan fingerprint density at radius 3 is 2.33 bits per heavy atom. The van der Waals surface area contributed by atoms with Crippen molar-refractivity contribution < 1.29 is 42.3 Å². The molecule has 260 valence electrons. The number of nitrogens with zero attached hydrogens (tertiary/aromatic N) is 1. The number of carbonyl (C=O) groups excluding carboxylic acids is 4. The lowest BCUT2D eigenvalue weighted by atomic mass is 9.87. The monoisotopic (exact) mass is 687 g/mol. The van der Waals surface area contributed by atoms with Crippen LogP contribution in [-0.4, -0.2) is 52.4 Å². The topological polar surface area (TPSA) is 153 Å². The zero-order valence-electron chi connectivity index (χ0n) is 27.8. The second-order valence-electron chi connectivity index (χ2n) is 13.2. The third-order valence-electron chi connectivity index (χ3n) is 9.67. The number of para-hydroxylation sites is 1. The smallest absolute Gasteiger partial charge is 0.359 e. The number of amides is 3. The highest BCUT2D eigenvalue weighted by atomic mass is 31.2. The molecule has 0 unspecified atom stereocenters. The Morgan fingerprint density at radius 2 is 1.73 bits per heavy atom. The predicted octanol–water partition coefficient (Wildman–Crippen LogP) is 5.10. The number of benzene rings is 2. The van der Waals surface area contributed by atoms with E-state index < -0.39 is 30.8 Å². The maximum atomic E-state index is 14.2. The maximum absolute atomic E-state index is 14.2. The van der Waals surface area contributed by atoms with E-state index in [0.717, 1.165) is 28.9 Å². The number of allylic oxidation sites excluding steroid dienone is 2. The molecule has 4 atom stereocenters. The van der Waals surface area contributed by atoms with Gasteiger partial charge in [-0.2, -0.15) is 8.78 Å². The number of nitrogens with one attached hydrogen (secondary N) is 2. The van der Waals surface area contributed by atoms with E-state index in [9.17, 15) is 32.5 Å². The second-order valence-corrected chi connectivity index (χ2v) is 14.8. The molecular weight excluding hydrogens is 643 g/mol. The van der Waals surface area contributed by atoms with Gasteiger partial charge in [-0.15, -0.1) is 0 Å². The second kappa shape index (κ2) is 14.8. The van der Waals surface area contributed by atoms with Gasteiger partial charge in [-0.25, -0.2) is 0 Å². The molecule has 2 aliphatic rings. The minimum Gasteiger partial charge on any atom is -0.359 e. The lowest BCUT2D eigenvalue weighted by Gasteiger charge is -2.32. The third kappa shape index (κ3) is 7.93. The summed E-state index contributed by atoms with van der Waals surface area (Å²) in [5.74, 6) is -1.52. The number of aryl methyl sites for hydroxylation is 1. The van der Waals surface area contributed by atoms with E-state index in [1.807, 2.05) is 25.1 Å². The number of carbonyl (C=O) groups is 4. The summed E-state index contributed by atoms with van der Waals surface area (Å²) in [6.45, 7) is 7.74. The predicted molar refractivity (Wildman–Crippen MR) is 178 cm³/mol. The standard InChI is InChI=1S/C35H44F2N3O7P/c1-20(2)22(4)29(15-16-31(42)38-5)39-33(43)30-19-25-8-6-7-24-9-10-26(34(44)40(30)32(24)25)18-28(41)17-21(3)23-11-13-27(14-12-23)35(36,37)48(45,46)47/h6-8,11-14,17,20,22,26,29-30H,9-10,15-16,18-19H2,1-5H3,(H,38,42)(H,39,43)(H2,45,46,47)/b21-17+/t22-,26+,29-,30-/m0/s1. The summed E-state index contributed by atoms with van der Waals surface area (Å²) in [6, 6.07) is 8.96. The number of alkyl halides is 2. The molecule has 0 aliphatic carbocycles. The molecule has 0 saturated heterocycles. The highest BCUT2D eigenvalue weighted by Crippen LogP contribution is 2.59. The van der Waals surface area contributed by atoms with Crippen LogP contribution in [0, 0.1) is 17.8 Å². The fourth-order valence-corrected chi connectivity index (χ4v) is 6.92.